The summed E-state index contributed by atoms with van der Waals surface area (Å²) in [7, 11) is 0. The zero-order chi connectivity index (χ0) is 24.5. The Morgan fingerprint density at radius 1 is 1.15 bits per heavy atom. The molecule has 0 aromatic heterocycles. The van der Waals surface area contributed by atoms with Crippen LogP contribution in [0.3, 0.4) is 0 Å². The van der Waals surface area contributed by atoms with E-state index in [1.54, 1.807) is 30.3 Å². The van der Waals surface area contributed by atoms with Crippen molar-refractivity contribution in [1.29, 1.82) is 0 Å². The van der Waals surface area contributed by atoms with Gasteiger partial charge < -0.3 is 14.8 Å². The zero-order valence-electron chi connectivity index (χ0n) is 19.3. The second-order valence-corrected chi connectivity index (χ2v) is 9.16. The maximum Gasteiger partial charge on any atom is 0.262 e. The van der Waals surface area contributed by atoms with Gasteiger partial charge in [-0.05, 0) is 84.6 Å². The van der Waals surface area contributed by atoms with E-state index < -0.39 is 11.9 Å². The standard InChI is InChI=1S/C24H29BrClN3O4/c1-6-32-20-12-16(11-19(25)22(20)33-15(4)5)13-27-29-24(31)21(14(2)3)28-23(30)17-7-9-18(26)10-8-17/h7-15,21H,6H2,1-5H3,(H,28,30)(H,29,31)/b27-13+. The van der Waals surface area contributed by atoms with Crippen LogP contribution in [-0.2, 0) is 4.79 Å². The number of ether oxygens (including phenoxy) is 2. The lowest BCUT2D eigenvalue weighted by atomic mass is 10.0. The van der Waals surface area contributed by atoms with E-state index in [1.165, 1.54) is 6.21 Å². The van der Waals surface area contributed by atoms with Crippen LogP contribution < -0.4 is 20.2 Å². The molecule has 2 aromatic rings. The quantitative estimate of drug-likeness (QED) is 0.322. The van der Waals surface area contributed by atoms with Gasteiger partial charge in [-0.1, -0.05) is 25.4 Å². The van der Waals surface area contributed by atoms with Gasteiger partial charge in [0.1, 0.15) is 6.04 Å². The van der Waals surface area contributed by atoms with Crippen molar-refractivity contribution >= 4 is 45.6 Å². The minimum atomic E-state index is -0.766. The van der Waals surface area contributed by atoms with E-state index in [1.807, 2.05) is 40.7 Å². The molecule has 0 aliphatic rings. The Hall–Kier alpha value is -2.58. The number of hydrazone groups is 1. The summed E-state index contributed by atoms with van der Waals surface area (Å²) in [6.07, 6.45) is 1.48. The average Bonchev–Trinajstić information content (AvgIpc) is 2.74. The Kier molecular flexibility index (Phi) is 10.2. The van der Waals surface area contributed by atoms with Crippen LogP contribution in [-0.4, -0.2) is 36.8 Å². The number of carbonyl (C=O) groups excluding carboxylic acids is 2. The van der Waals surface area contributed by atoms with Gasteiger partial charge in [0.2, 0.25) is 0 Å². The lowest BCUT2D eigenvalue weighted by molar-refractivity contribution is -0.123. The molecule has 0 aliphatic carbocycles. The van der Waals surface area contributed by atoms with Crippen molar-refractivity contribution in [2.45, 2.75) is 46.8 Å². The third-order valence-corrected chi connectivity index (χ3v) is 5.26. The summed E-state index contributed by atoms with van der Waals surface area (Å²) in [5.74, 6) is 0.243. The Morgan fingerprint density at radius 3 is 2.39 bits per heavy atom. The highest BCUT2D eigenvalue weighted by Crippen LogP contribution is 2.37. The van der Waals surface area contributed by atoms with E-state index in [9.17, 15) is 9.59 Å². The van der Waals surface area contributed by atoms with Gasteiger partial charge in [-0.15, -0.1) is 0 Å². The molecule has 0 aliphatic heterocycles. The zero-order valence-corrected chi connectivity index (χ0v) is 21.7. The number of benzene rings is 2. The summed E-state index contributed by atoms with van der Waals surface area (Å²) in [6, 6.07) is 9.28. The van der Waals surface area contributed by atoms with E-state index in [2.05, 4.69) is 31.8 Å². The van der Waals surface area contributed by atoms with Crippen LogP contribution in [0.5, 0.6) is 11.5 Å². The average molecular weight is 539 g/mol. The summed E-state index contributed by atoms with van der Waals surface area (Å²) in [6.45, 7) is 9.91. The van der Waals surface area contributed by atoms with Gasteiger partial charge >= 0.3 is 0 Å². The van der Waals surface area contributed by atoms with Crippen molar-refractivity contribution in [3.05, 3.63) is 57.0 Å². The molecule has 1 atom stereocenters. The van der Waals surface area contributed by atoms with Gasteiger partial charge in [0, 0.05) is 10.6 Å². The number of nitrogens with one attached hydrogen (secondary N) is 2. The number of amides is 2. The maximum atomic E-state index is 12.7. The lowest BCUT2D eigenvalue weighted by Crippen LogP contribution is -2.48. The number of halogens is 2. The molecule has 178 valence electrons. The summed E-state index contributed by atoms with van der Waals surface area (Å²) in [4.78, 5) is 25.2. The van der Waals surface area contributed by atoms with Crippen molar-refractivity contribution in [3.63, 3.8) is 0 Å². The van der Waals surface area contributed by atoms with Crippen molar-refractivity contribution in [2.75, 3.05) is 6.61 Å². The van der Waals surface area contributed by atoms with Crippen LogP contribution >= 0.6 is 27.5 Å². The number of carbonyl (C=O) groups is 2. The molecule has 0 saturated carbocycles. The second-order valence-electron chi connectivity index (χ2n) is 7.87. The minimum absolute atomic E-state index is 0.0182. The van der Waals surface area contributed by atoms with Gasteiger partial charge in [0.15, 0.2) is 11.5 Å². The first kappa shape index (κ1) is 26.7. The number of nitrogens with zero attached hydrogens (tertiary/aromatic N) is 1. The molecule has 2 amide bonds. The molecule has 1 unspecified atom stereocenters. The highest BCUT2D eigenvalue weighted by atomic mass is 79.9. The first-order chi connectivity index (χ1) is 15.6. The molecule has 2 aromatic carbocycles. The van der Waals surface area contributed by atoms with Crippen molar-refractivity contribution in [1.82, 2.24) is 10.7 Å². The number of hydrogen-bond acceptors (Lipinski definition) is 5. The predicted octanol–water partition coefficient (Wildman–Crippen LogP) is 5.19. The SMILES string of the molecule is CCOc1cc(/C=N/NC(=O)C(NC(=O)c2ccc(Cl)cc2)C(C)C)cc(Br)c1OC(C)C. The Labute approximate surface area is 208 Å². The fraction of sp³-hybridized carbons (Fsp3) is 0.375. The topological polar surface area (TPSA) is 89.0 Å². The first-order valence-electron chi connectivity index (χ1n) is 10.6. The molecule has 0 fully saturated rings. The van der Waals surface area contributed by atoms with Crippen LogP contribution in [0.15, 0.2) is 46.0 Å². The molecule has 2 rings (SSSR count). The van der Waals surface area contributed by atoms with Crippen LogP contribution in [0.1, 0.15) is 50.5 Å². The lowest BCUT2D eigenvalue weighted by Gasteiger charge is -2.20. The summed E-state index contributed by atoms with van der Waals surface area (Å²) < 4.78 is 12.2. The molecule has 2 N–H and O–H groups in total. The van der Waals surface area contributed by atoms with Crippen molar-refractivity contribution in [2.24, 2.45) is 11.0 Å². The van der Waals surface area contributed by atoms with E-state index in [4.69, 9.17) is 21.1 Å². The van der Waals surface area contributed by atoms with Gasteiger partial charge in [0.25, 0.3) is 11.8 Å². The molecule has 0 saturated heterocycles. The monoisotopic (exact) mass is 537 g/mol. The Balaban J connectivity index is 2.11. The van der Waals surface area contributed by atoms with Crippen LogP contribution in [0.2, 0.25) is 5.02 Å². The molecular formula is C24H29BrClN3O4. The molecule has 0 spiro atoms. The number of hydrogen-bond donors (Lipinski definition) is 2. The summed E-state index contributed by atoms with van der Waals surface area (Å²) in [5, 5.41) is 7.34. The normalized spacial score (nSPS) is 12.2. The highest BCUT2D eigenvalue weighted by molar-refractivity contribution is 9.10. The first-order valence-corrected chi connectivity index (χ1v) is 11.8. The fourth-order valence-electron chi connectivity index (χ4n) is 2.88. The van der Waals surface area contributed by atoms with Gasteiger partial charge in [0.05, 0.1) is 23.4 Å². The predicted molar refractivity (Wildman–Crippen MR) is 134 cm³/mol. The van der Waals surface area contributed by atoms with E-state index in [0.717, 1.165) is 0 Å². The number of rotatable bonds is 10. The van der Waals surface area contributed by atoms with E-state index in [0.29, 0.717) is 38.7 Å². The third kappa shape index (κ3) is 8.05. The highest BCUT2D eigenvalue weighted by Gasteiger charge is 2.24. The molecule has 0 bridgehead atoms. The third-order valence-electron chi connectivity index (χ3n) is 4.42. The van der Waals surface area contributed by atoms with E-state index >= 15 is 0 Å². The fourth-order valence-corrected chi connectivity index (χ4v) is 3.56. The van der Waals surface area contributed by atoms with Crippen molar-refractivity contribution < 1.29 is 19.1 Å². The second kappa shape index (κ2) is 12.6. The summed E-state index contributed by atoms with van der Waals surface area (Å²) >= 11 is 9.37. The Bertz CT molecular complexity index is 994. The van der Waals surface area contributed by atoms with Crippen molar-refractivity contribution in [3.8, 4) is 11.5 Å². The molecule has 0 radical (unpaired) electrons. The minimum Gasteiger partial charge on any atom is -0.490 e. The molecule has 0 heterocycles. The molecule has 33 heavy (non-hydrogen) atoms. The van der Waals surface area contributed by atoms with Crippen LogP contribution in [0.25, 0.3) is 0 Å². The molecule has 7 nitrogen and oxygen atoms in total. The summed E-state index contributed by atoms with van der Waals surface area (Å²) in [5.41, 5.74) is 3.62. The Morgan fingerprint density at radius 2 is 1.82 bits per heavy atom. The molecule has 9 heteroatoms. The maximum absolute atomic E-state index is 12.7. The molecular weight excluding hydrogens is 510 g/mol. The largest absolute Gasteiger partial charge is 0.490 e. The van der Waals surface area contributed by atoms with E-state index in [-0.39, 0.29) is 17.9 Å². The van der Waals surface area contributed by atoms with Gasteiger partial charge in [-0.2, -0.15) is 5.10 Å². The van der Waals surface area contributed by atoms with Crippen LogP contribution in [0, 0.1) is 5.92 Å². The smallest absolute Gasteiger partial charge is 0.262 e. The van der Waals surface area contributed by atoms with Gasteiger partial charge in [-0.3, -0.25) is 9.59 Å². The van der Waals surface area contributed by atoms with Gasteiger partial charge in [-0.25, -0.2) is 5.43 Å². The van der Waals surface area contributed by atoms with Crippen LogP contribution in [0.4, 0.5) is 0 Å².